The van der Waals surface area contributed by atoms with E-state index in [1.54, 1.807) is 0 Å². The Bertz CT molecular complexity index is 1170. The van der Waals surface area contributed by atoms with Gasteiger partial charge in [-0.05, 0) is 38.5 Å². The van der Waals surface area contributed by atoms with Crippen LogP contribution < -0.4 is 5.32 Å². The lowest BCUT2D eigenvalue weighted by Crippen LogP contribution is -2.46. The van der Waals surface area contributed by atoms with Crippen molar-refractivity contribution in [2.45, 2.75) is 270 Å². The first-order chi connectivity index (χ1) is 31.0. The smallest absolute Gasteiger partial charge is 0.306 e. The number of amides is 1. The van der Waals surface area contributed by atoms with Gasteiger partial charge in [0.25, 0.3) is 0 Å². The maximum Gasteiger partial charge on any atom is 0.306 e. The Kier molecular flexibility index (Phi) is 48.1. The van der Waals surface area contributed by atoms with E-state index in [1.165, 1.54) is 148 Å². The van der Waals surface area contributed by atoms with Crippen molar-refractivity contribution < 1.29 is 24.5 Å². The fourth-order valence-electron chi connectivity index (χ4n) is 7.94. The number of hydrogen-bond acceptors (Lipinski definition) is 5. The van der Waals surface area contributed by atoms with Crippen LogP contribution in [0.3, 0.4) is 0 Å². The Morgan fingerprint density at radius 2 is 0.857 bits per heavy atom. The molecule has 0 fully saturated rings. The average molecular weight is 880 g/mol. The highest BCUT2D eigenvalue weighted by Crippen LogP contribution is 2.18. The third-order valence-corrected chi connectivity index (χ3v) is 12.0. The maximum absolute atomic E-state index is 13.2. The number of hydrogen-bond donors (Lipinski definition) is 3. The first-order valence-electron chi connectivity index (χ1n) is 26.7. The Balaban J connectivity index is 4.63. The number of carbonyl (C=O) groups is 2. The Morgan fingerprint density at radius 1 is 0.476 bits per heavy atom. The van der Waals surface area contributed by atoms with E-state index in [0.29, 0.717) is 19.3 Å². The van der Waals surface area contributed by atoms with Crippen molar-refractivity contribution in [3.8, 4) is 0 Å². The molecule has 0 saturated heterocycles. The lowest BCUT2D eigenvalue weighted by atomic mass is 10.0. The maximum atomic E-state index is 13.2. The van der Waals surface area contributed by atoms with Gasteiger partial charge in [0.1, 0.15) is 6.10 Å². The van der Waals surface area contributed by atoms with Crippen LogP contribution in [0.25, 0.3) is 0 Å². The molecule has 0 heterocycles. The number of rotatable bonds is 47. The van der Waals surface area contributed by atoms with Crippen LogP contribution in [0.1, 0.15) is 252 Å². The first kappa shape index (κ1) is 60.3. The predicted molar refractivity (Wildman–Crippen MR) is 273 cm³/mol. The van der Waals surface area contributed by atoms with E-state index in [2.05, 4.69) is 38.2 Å². The zero-order valence-corrected chi connectivity index (χ0v) is 41.4. The van der Waals surface area contributed by atoms with Gasteiger partial charge in [0, 0.05) is 6.42 Å². The molecule has 3 atom stereocenters. The highest BCUT2D eigenvalue weighted by Gasteiger charge is 2.24. The summed E-state index contributed by atoms with van der Waals surface area (Å²) in [6.07, 6.45) is 64.0. The van der Waals surface area contributed by atoms with Gasteiger partial charge in [-0.3, -0.25) is 9.59 Å². The fourth-order valence-corrected chi connectivity index (χ4v) is 7.94. The molecule has 3 N–H and O–H groups in total. The number of carbonyl (C=O) groups excluding carboxylic acids is 2. The molecule has 3 unspecified atom stereocenters. The molecule has 0 spiro atoms. The monoisotopic (exact) mass is 880 g/mol. The van der Waals surface area contributed by atoms with E-state index in [4.69, 9.17) is 4.74 Å². The minimum atomic E-state index is -0.808. The molecule has 0 aliphatic heterocycles. The summed E-state index contributed by atoms with van der Waals surface area (Å²) in [6.45, 7) is 6.32. The van der Waals surface area contributed by atoms with E-state index in [1.807, 2.05) is 60.8 Å². The van der Waals surface area contributed by atoms with Gasteiger partial charge in [-0.15, -0.1) is 0 Å². The van der Waals surface area contributed by atoms with Crippen LogP contribution in [0.5, 0.6) is 0 Å². The van der Waals surface area contributed by atoms with Gasteiger partial charge in [0.05, 0.1) is 25.2 Å². The zero-order chi connectivity index (χ0) is 45.9. The molecule has 0 aliphatic rings. The summed E-state index contributed by atoms with van der Waals surface area (Å²) in [4.78, 5) is 26.1. The largest absolute Gasteiger partial charge is 0.462 e. The van der Waals surface area contributed by atoms with Crippen LogP contribution >= 0.6 is 0 Å². The molecule has 0 aromatic rings. The van der Waals surface area contributed by atoms with Crippen molar-refractivity contribution in [3.05, 3.63) is 72.9 Å². The third kappa shape index (κ3) is 45.7. The lowest BCUT2D eigenvalue weighted by molar-refractivity contribution is -0.151. The molecular weight excluding hydrogens is 779 g/mol. The van der Waals surface area contributed by atoms with Crippen molar-refractivity contribution in [2.24, 2.45) is 0 Å². The molecule has 6 nitrogen and oxygen atoms in total. The number of esters is 1. The van der Waals surface area contributed by atoms with E-state index in [-0.39, 0.29) is 24.9 Å². The summed E-state index contributed by atoms with van der Waals surface area (Å²) >= 11 is 0. The van der Waals surface area contributed by atoms with E-state index < -0.39 is 18.2 Å². The summed E-state index contributed by atoms with van der Waals surface area (Å²) in [7, 11) is 0. The van der Waals surface area contributed by atoms with Crippen molar-refractivity contribution >= 4 is 11.9 Å². The van der Waals surface area contributed by atoms with Crippen molar-refractivity contribution in [1.82, 2.24) is 5.32 Å². The van der Waals surface area contributed by atoms with Crippen molar-refractivity contribution in [2.75, 3.05) is 6.61 Å². The molecule has 0 aromatic carbocycles. The summed E-state index contributed by atoms with van der Waals surface area (Å²) in [5.74, 6) is -0.545. The number of unbranched alkanes of at least 4 members (excludes halogenated alkanes) is 28. The molecule has 0 saturated carbocycles. The van der Waals surface area contributed by atoms with Crippen molar-refractivity contribution in [1.29, 1.82) is 0 Å². The van der Waals surface area contributed by atoms with Gasteiger partial charge < -0.3 is 20.3 Å². The summed E-state index contributed by atoms with van der Waals surface area (Å²) in [5.41, 5.74) is 0. The SMILES string of the molecule is CC\C=C/C=C/C=C/C=C\C=C\C=C\CCCC(CC(=O)NC(CO)C(O)CCCCCCCCCCCC)OC(=O)CCCCCCCCCCCCCCCCCCCCC. The van der Waals surface area contributed by atoms with E-state index >= 15 is 0 Å². The standard InChI is InChI=1S/C57H101NO5/c1-4-7-10-13-16-19-22-24-26-27-28-29-31-33-35-38-41-44-47-50-57(62)63-53(48-45-42-39-36-34-32-30-25-23-20-17-14-11-8-5-2)51-56(61)58-54(52-59)55(60)49-46-43-40-37-21-18-15-12-9-6-3/h8,11,14,17,20,23,25,30,32,34,36,39,53-55,59-60H,4-7,9-10,12-13,15-16,18-19,21-22,24,26-29,31,33,35,37-38,40-52H2,1-3H3,(H,58,61)/b11-8-,17-14+,23-20+,30-25-,34-32+,39-36+. The van der Waals surface area contributed by atoms with Crippen LogP contribution in [0.4, 0.5) is 0 Å². The number of aliphatic hydroxyl groups is 2. The second kappa shape index (κ2) is 50.3. The zero-order valence-electron chi connectivity index (χ0n) is 41.4. The molecule has 0 aromatic heterocycles. The second-order valence-corrected chi connectivity index (χ2v) is 18.1. The topological polar surface area (TPSA) is 95.9 Å². The minimum absolute atomic E-state index is 0.0262. The Morgan fingerprint density at radius 3 is 1.27 bits per heavy atom. The third-order valence-electron chi connectivity index (χ3n) is 12.0. The molecule has 0 aliphatic carbocycles. The Hall–Kier alpha value is -2.70. The van der Waals surface area contributed by atoms with Gasteiger partial charge >= 0.3 is 5.97 Å². The van der Waals surface area contributed by atoms with Crippen LogP contribution in [0.15, 0.2) is 72.9 Å². The molecule has 1 amide bonds. The summed E-state index contributed by atoms with van der Waals surface area (Å²) in [5, 5.41) is 23.7. The molecule has 0 rings (SSSR count). The van der Waals surface area contributed by atoms with E-state index in [0.717, 1.165) is 57.8 Å². The van der Waals surface area contributed by atoms with Crippen LogP contribution in [0, 0.1) is 0 Å². The number of aliphatic hydroxyl groups excluding tert-OH is 2. The minimum Gasteiger partial charge on any atom is -0.462 e. The lowest BCUT2D eigenvalue weighted by Gasteiger charge is -2.24. The molecule has 0 bridgehead atoms. The number of ether oxygens (including phenoxy) is 1. The molecule has 364 valence electrons. The molecule has 0 radical (unpaired) electrons. The molecule has 6 heteroatoms. The highest BCUT2D eigenvalue weighted by atomic mass is 16.5. The second-order valence-electron chi connectivity index (χ2n) is 18.1. The first-order valence-corrected chi connectivity index (χ1v) is 26.7. The predicted octanol–water partition coefficient (Wildman–Crippen LogP) is 16.2. The number of nitrogens with one attached hydrogen (secondary N) is 1. The quantitative estimate of drug-likeness (QED) is 0.0321. The van der Waals surface area contributed by atoms with E-state index in [9.17, 15) is 19.8 Å². The van der Waals surface area contributed by atoms with Gasteiger partial charge in [-0.2, -0.15) is 0 Å². The van der Waals surface area contributed by atoms with Gasteiger partial charge in [-0.1, -0.05) is 273 Å². The number of allylic oxidation sites excluding steroid dienone is 12. The summed E-state index contributed by atoms with van der Waals surface area (Å²) < 4.78 is 5.91. The van der Waals surface area contributed by atoms with Crippen LogP contribution in [0.2, 0.25) is 0 Å². The Labute approximate surface area is 390 Å². The van der Waals surface area contributed by atoms with Gasteiger partial charge in [0.15, 0.2) is 0 Å². The van der Waals surface area contributed by atoms with Crippen LogP contribution in [-0.4, -0.2) is 46.9 Å². The van der Waals surface area contributed by atoms with Gasteiger partial charge in [-0.25, -0.2) is 0 Å². The molecular formula is C57H101NO5. The fraction of sp³-hybridized carbons (Fsp3) is 0.754. The van der Waals surface area contributed by atoms with Crippen LogP contribution in [-0.2, 0) is 14.3 Å². The average Bonchev–Trinajstić information content (AvgIpc) is 3.28. The summed E-state index contributed by atoms with van der Waals surface area (Å²) in [6, 6.07) is -0.726. The highest BCUT2D eigenvalue weighted by molar-refractivity contribution is 5.77. The van der Waals surface area contributed by atoms with Gasteiger partial charge in [0.2, 0.25) is 5.91 Å². The van der Waals surface area contributed by atoms with Crippen molar-refractivity contribution in [3.63, 3.8) is 0 Å². The normalized spacial score (nSPS) is 13.8. The molecule has 63 heavy (non-hydrogen) atoms.